The van der Waals surface area contributed by atoms with Gasteiger partial charge in [0.25, 0.3) is 5.91 Å². The predicted octanol–water partition coefficient (Wildman–Crippen LogP) is 2.52. The van der Waals surface area contributed by atoms with Crippen molar-refractivity contribution in [3.63, 3.8) is 0 Å². The van der Waals surface area contributed by atoms with Crippen molar-refractivity contribution in [2.24, 2.45) is 11.3 Å². The lowest BCUT2D eigenvalue weighted by molar-refractivity contribution is -0.132. The number of aromatic nitrogens is 1. The number of aryl methyl sites for hydroxylation is 1. The molecule has 2 N–H and O–H groups in total. The normalized spacial score (nSPS) is 25.1. The standard InChI is InChI=1S/C22H32N4O4/c1-22(2,3)14-4-5-16-15(12-14)19(30-25-16)13-8-10-26(11-9-13)18(27)7-6-17-20(28)24-21(29)23-17/h13-14,17H,4-12H2,1-3H3,(H2,23,24,28,29)/t14-,17+/m0/s1. The summed E-state index contributed by atoms with van der Waals surface area (Å²) in [6.07, 6.45) is 5.51. The summed E-state index contributed by atoms with van der Waals surface area (Å²) in [5.41, 5.74) is 2.72. The van der Waals surface area contributed by atoms with E-state index in [-0.39, 0.29) is 23.7 Å². The summed E-state index contributed by atoms with van der Waals surface area (Å²) in [6.45, 7) is 8.29. The molecule has 3 aliphatic rings. The highest BCUT2D eigenvalue weighted by Gasteiger charge is 2.36. The highest BCUT2D eigenvalue weighted by Crippen LogP contribution is 2.41. The molecule has 4 amide bonds. The van der Waals surface area contributed by atoms with Crippen molar-refractivity contribution in [2.45, 2.75) is 77.7 Å². The van der Waals surface area contributed by atoms with E-state index in [1.54, 1.807) is 0 Å². The first-order valence-electron chi connectivity index (χ1n) is 11.1. The van der Waals surface area contributed by atoms with Crippen LogP contribution in [0.4, 0.5) is 4.79 Å². The van der Waals surface area contributed by atoms with Crippen LogP contribution in [0.15, 0.2) is 4.52 Å². The van der Waals surface area contributed by atoms with Gasteiger partial charge < -0.3 is 14.7 Å². The third kappa shape index (κ3) is 4.23. The van der Waals surface area contributed by atoms with Crippen molar-refractivity contribution < 1.29 is 18.9 Å². The summed E-state index contributed by atoms with van der Waals surface area (Å²) in [5, 5.41) is 9.10. The van der Waals surface area contributed by atoms with Crippen molar-refractivity contribution >= 4 is 17.8 Å². The van der Waals surface area contributed by atoms with E-state index in [1.165, 1.54) is 5.56 Å². The molecule has 2 fully saturated rings. The van der Waals surface area contributed by atoms with Crippen LogP contribution in [0.25, 0.3) is 0 Å². The van der Waals surface area contributed by atoms with Crippen molar-refractivity contribution in [3.8, 4) is 0 Å². The average molecular weight is 417 g/mol. The summed E-state index contributed by atoms with van der Waals surface area (Å²) >= 11 is 0. The van der Waals surface area contributed by atoms with E-state index in [1.807, 2.05) is 4.90 Å². The van der Waals surface area contributed by atoms with Crippen LogP contribution >= 0.6 is 0 Å². The first-order chi connectivity index (χ1) is 14.2. The number of carbonyl (C=O) groups is 3. The Kier molecular flexibility index (Phi) is 5.59. The van der Waals surface area contributed by atoms with Gasteiger partial charge in [-0.1, -0.05) is 25.9 Å². The minimum absolute atomic E-state index is 0.0368. The molecule has 2 atom stereocenters. The lowest BCUT2D eigenvalue weighted by Crippen LogP contribution is -2.39. The summed E-state index contributed by atoms with van der Waals surface area (Å²) in [5.74, 6) is 1.67. The second-order valence-corrected chi connectivity index (χ2v) is 9.99. The van der Waals surface area contributed by atoms with Crippen molar-refractivity contribution in [1.82, 2.24) is 20.7 Å². The van der Waals surface area contributed by atoms with Crippen molar-refractivity contribution in [2.75, 3.05) is 13.1 Å². The zero-order valence-electron chi connectivity index (χ0n) is 18.1. The van der Waals surface area contributed by atoms with E-state index in [2.05, 4.69) is 36.6 Å². The second-order valence-electron chi connectivity index (χ2n) is 9.99. The Morgan fingerprint density at radius 1 is 1.20 bits per heavy atom. The number of hydrogen-bond donors (Lipinski definition) is 2. The fraction of sp³-hybridized carbons (Fsp3) is 0.727. The zero-order chi connectivity index (χ0) is 21.5. The molecule has 0 saturated carbocycles. The van der Waals surface area contributed by atoms with Gasteiger partial charge in [-0.25, -0.2) is 4.79 Å². The van der Waals surface area contributed by atoms with Gasteiger partial charge in [-0.3, -0.25) is 14.9 Å². The fourth-order valence-corrected chi connectivity index (χ4v) is 4.97. The Hall–Kier alpha value is -2.38. The number of nitrogens with zero attached hydrogens (tertiary/aromatic N) is 2. The van der Waals surface area contributed by atoms with Crippen molar-refractivity contribution in [3.05, 3.63) is 17.0 Å². The largest absolute Gasteiger partial charge is 0.361 e. The highest BCUT2D eigenvalue weighted by molar-refractivity contribution is 6.04. The second kappa shape index (κ2) is 8.04. The third-order valence-corrected chi connectivity index (χ3v) is 7.03. The number of carbonyl (C=O) groups excluding carboxylic acids is 3. The van der Waals surface area contributed by atoms with Crippen molar-refractivity contribution in [1.29, 1.82) is 0 Å². The molecule has 1 aliphatic carbocycles. The Bertz CT molecular complexity index is 833. The molecule has 4 rings (SSSR count). The minimum Gasteiger partial charge on any atom is -0.361 e. The van der Waals surface area contributed by atoms with Gasteiger partial charge in [-0.05, 0) is 49.9 Å². The molecule has 1 aromatic heterocycles. The molecule has 8 nitrogen and oxygen atoms in total. The summed E-state index contributed by atoms with van der Waals surface area (Å²) in [6, 6.07) is -1.09. The van der Waals surface area contributed by atoms with Crippen LogP contribution in [0.5, 0.6) is 0 Å². The summed E-state index contributed by atoms with van der Waals surface area (Å²) in [4.78, 5) is 37.2. The molecule has 8 heteroatoms. The number of nitrogens with one attached hydrogen (secondary N) is 2. The van der Waals surface area contributed by atoms with Gasteiger partial charge in [-0.15, -0.1) is 0 Å². The molecule has 1 aromatic rings. The molecule has 0 aromatic carbocycles. The Morgan fingerprint density at radius 3 is 2.57 bits per heavy atom. The number of imide groups is 1. The Morgan fingerprint density at radius 2 is 1.93 bits per heavy atom. The number of amides is 4. The van der Waals surface area contributed by atoms with Gasteiger partial charge in [-0.2, -0.15) is 0 Å². The maximum Gasteiger partial charge on any atom is 0.322 e. The predicted molar refractivity (Wildman–Crippen MR) is 110 cm³/mol. The SMILES string of the molecule is CC(C)(C)[C@H]1CCc2noc(C3CCN(C(=O)CC[C@H]4NC(=O)NC4=O)CC3)c2C1. The first kappa shape index (κ1) is 20.9. The molecular weight excluding hydrogens is 384 g/mol. The molecule has 2 aliphatic heterocycles. The van der Waals surface area contributed by atoms with Crippen LogP contribution < -0.4 is 10.6 Å². The smallest absolute Gasteiger partial charge is 0.322 e. The van der Waals surface area contributed by atoms with E-state index < -0.39 is 12.1 Å². The highest BCUT2D eigenvalue weighted by atomic mass is 16.5. The van der Waals surface area contributed by atoms with Crippen LogP contribution in [0, 0.1) is 11.3 Å². The Labute approximate surface area is 177 Å². The van der Waals surface area contributed by atoms with E-state index in [4.69, 9.17) is 4.52 Å². The van der Waals surface area contributed by atoms with E-state index in [0.717, 1.165) is 43.6 Å². The molecule has 30 heavy (non-hydrogen) atoms. The van der Waals surface area contributed by atoms with Crippen LogP contribution in [-0.4, -0.2) is 47.0 Å². The molecule has 2 saturated heterocycles. The molecule has 0 unspecified atom stereocenters. The van der Waals surface area contributed by atoms with Gasteiger partial charge in [0.1, 0.15) is 11.8 Å². The Balaban J connectivity index is 1.31. The number of rotatable bonds is 4. The fourth-order valence-electron chi connectivity index (χ4n) is 4.97. The summed E-state index contributed by atoms with van der Waals surface area (Å²) in [7, 11) is 0. The van der Waals surface area contributed by atoms with E-state index in [9.17, 15) is 14.4 Å². The quantitative estimate of drug-likeness (QED) is 0.734. The molecule has 0 spiro atoms. The monoisotopic (exact) mass is 416 g/mol. The van der Waals surface area contributed by atoms with Gasteiger partial charge >= 0.3 is 6.03 Å². The molecular formula is C22H32N4O4. The van der Waals surface area contributed by atoms with Crippen LogP contribution in [0.2, 0.25) is 0 Å². The molecule has 3 heterocycles. The maximum absolute atomic E-state index is 12.6. The number of urea groups is 1. The van der Waals surface area contributed by atoms with Crippen LogP contribution in [0.1, 0.15) is 75.8 Å². The lowest BCUT2D eigenvalue weighted by atomic mass is 9.71. The lowest BCUT2D eigenvalue weighted by Gasteiger charge is -2.35. The number of piperidine rings is 1. The van der Waals surface area contributed by atoms with Gasteiger partial charge in [0.15, 0.2) is 0 Å². The number of likely N-dealkylation sites (tertiary alicyclic amines) is 1. The maximum atomic E-state index is 12.6. The van der Waals surface area contributed by atoms with Gasteiger partial charge in [0.2, 0.25) is 5.91 Å². The van der Waals surface area contributed by atoms with Crippen LogP contribution in [0.3, 0.4) is 0 Å². The number of fused-ring (bicyclic) bond motifs is 1. The van der Waals surface area contributed by atoms with E-state index >= 15 is 0 Å². The topological polar surface area (TPSA) is 105 Å². The first-order valence-corrected chi connectivity index (χ1v) is 11.1. The van der Waals surface area contributed by atoms with Crippen LogP contribution in [-0.2, 0) is 22.4 Å². The third-order valence-electron chi connectivity index (χ3n) is 7.03. The molecule has 0 bridgehead atoms. The zero-order valence-corrected chi connectivity index (χ0v) is 18.1. The number of hydrogen-bond acceptors (Lipinski definition) is 5. The summed E-state index contributed by atoms with van der Waals surface area (Å²) < 4.78 is 5.81. The molecule has 164 valence electrons. The van der Waals surface area contributed by atoms with E-state index in [0.29, 0.717) is 31.3 Å². The minimum atomic E-state index is -0.601. The van der Waals surface area contributed by atoms with Gasteiger partial charge in [0, 0.05) is 31.0 Å². The molecule has 0 radical (unpaired) electrons. The average Bonchev–Trinajstić information content (AvgIpc) is 3.27. The van der Waals surface area contributed by atoms with Gasteiger partial charge in [0.05, 0.1) is 5.69 Å².